The molecule has 7 nitrogen and oxygen atoms in total. The molecule has 0 radical (unpaired) electrons. The monoisotopic (exact) mass is 368 g/mol. The molecule has 0 saturated carbocycles. The number of carbonyl (C=O) groups is 1. The topological polar surface area (TPSA) is 105 Å². The molecular formula is C21H16N6O. The molecular weight excluding hydrogens is 352 g/mol. The minimum atomic E-state index is -0.589. The lowest BCUT2D eigenvalue weighted by Gasteiger charge is -2.09. The van der Waals surface area contributed by atoms with E-state index in [0.29, 0.717) is 22.8 Å². The Morgan fingerprint density at radius 2 is 1.54 bits per heavy atom. The molecule has 0 atom stereocenters. The summed E-state index contributed by atoms with van der Waals surface area (Å²) in [5, 5.41) is 13.1. The second-order valence-electron chi connectivity index (χ2n) is 5.97. The number of nitrogens with one attached hydrogen (secondary N) is 1. The smallest absolute Gasteiger partial charge is 0.250 e. The molecule has 136 valence electrons. The van der Waals surface area contributed by atoms with E-state index in [2.05, 4.69) is 25.7 Å². The Kier molecular flexibility index (Phi) is 4.71. The van der Waals surface area contributed by atoms with Crippen molar-refractivity contribution in [3.05, 3.63) is 95.8 Å². The molecule has 1 aliphatic rings. The zero-order valence-electron chi connectivity index (χ0n) is 14.8. The molecule has 2 heterocycles. The van der Waals surface area contributed by atoms with Gasteiger partial charge in [-0.05, 0) is 24.3 Å². The average Bonchev–Trinajstić information content (AvgIpc) is 3.17. The largest absolute Gasteiger partial charge is 0.366 e. The summed E-state index contributed by atoms with van der Waals surface area (Å²) in [5.74, 6) is -0.589. The number of carbonyl (C=O) groups excluding carboxylic acids is 1. The first-order valence-electron chi connectivity index (χ1n) is 8.60. The fourth-order valence-corrected chi connectivity index (χ4v) is 2.79. The van der Waals surface area contributed by atoms with Gasteiger partial charge in [0.1, 0.15) is 22.8 Å². The minimum absolute atomic E-state index is 0.262. The van der Waals surface area contributed by atoms with Crippen molar-refractivity contribution >= 4 is 28.7 Å². The fraction of sp³-hybridized carbons (Fsp3) is 0. The van der Waals surface area contributed by atoms with Gasteiger partial charge in [-0.3, -0.25) is 15.2 Å². The van der Waals surface area contributed by atoms with Crippen molar-refractivity contribution < 1.29 is 4.79 Å². The number of nitrogens with two attached hydrogens (primary N) is 1. The van der Waals surface area contributed by atoms with E-state index in [1.165, 1.54) is 0 Å². The number of nitrogens with zero attached hydrogens (tertiary/aromatic N) is 4. The van der Waals surface area contributed by atoms with E-state index in [9.17, 15) is 4.79 Å². The van der Waals surface area contributed by atoms with Crippen LogP contribution in [0.2, 0.25) is 0 Å². The summed E-state index contributed by atoms with van der Waals surface area (Å²) >= 11 is 0. The van der Waals surface area contributed by atoms with Crippen molar-refractivity contribution in [1.82, 2.24) is 4.98 Å². The van der Waals surface area contributed by atoms with Gasteiger partial charge in [0.15, 0.2) is 0 Å². The summed E-state index contributed by atoms with van der Waals surface area (Å²) in [4.78, 5) is 16.2. The Morgan fingerprint density at radius 3 is 2.25 bits per heavy atom. The SMILES string of the molecule is NC(=O)c1cccnc1C1=NN=C(c2ccccc2)/C1=N\Nc1ccccc1. The molecule has 0 bridgehead atoms. The van der Waals surface area contributed by atoms with E-state index < -0.39 is 5.91 Å². The average molecular weight is 368 g/mol. The third kappa shape index (κ3) is 3.41. The van der Waals surface area contributed by atoms with Gasteiger partial charge in [0.05, 0.1) is 11.3 Å². The summed E-state index contributed by atoms with van der Waals surface area (Å²) in [6.45, 7) is 0. The lowest BCUT2D eigenvalue weighted by Crippen LogP contribution is -2.27. The number of primary amides is 1. The molecule has 3 aromatic rings. The van der Waals surface area contributed by atoms with Crippen molar-refractivity contribution in [3.63, 3.8) is 0 Å². The van der Waals surface area contributed by atoms with E-state index in [1.807, 2.05) is 60.7 Å². The predicted octanol–water partition coefficient (Wildman–Crippen LogP) is 2.86. The Balaban J connectivity index is 1.78. The van der Waals surface area contributed by atoms with Gasteiger partial charge in [-0.15, -0.1) is 10.2 Å². The van der Waals surface area contributed by atoms with Gasteiger partial charge >= 0.3 is 0 Å². The summed E-state index contributed by atoms with van der Waals surface area (Å²) in [7, 11) is 0. The van der Waals surface area contributed by atoms with Crippen LogP contribution in [0.1, 0.15) is 21.6 Å². The van der Waals surface area contributed by atoms with Crippen LogP contribution in [0.3, 0.4) is 0 Å². The highest BCUT2D eigenvalue weighted by Gasteiger charge is 2.28. The van der Waals surface area contributed by atoms with Crippen LogP contribution in [0.5, 0.6) is 0 Å². The molecule has 1 amide bonds. The van der Waals surface area contributed by atoms with Crippen LogP contribution < -0.4 is 11.2 Å². The van der Waals surface area contributed by atoms with E-state index in [4.69, 9.17) is 5.73 Å². The number of aromatic nitrogens is 1. The molecule has 0 aliphatic carbocycles. The van der Waals surface area contributed by atoms with Gasteiger partial charge < -0.3 is 5.73 Å². The van der Waals surface area contributed by atoms with Gasteiger partial charge in [-0.2, -0.15) is 5.10 Å². The zero-order valence-corrected chi connectivity index (χ0v) is 14.8. The molecule has 0 spiro atoms. The summed E-state index contributed by atoms with van der Waals surface area (Å²) < 4.78 is 0. The Bertz CT molecular complexity index is 1100. The normalized spacial score (nSPS) is 14.5. The molecule has 28 heavy (non-hydrogen) atoms. The number of hydrogen-bond acceptors (Lipinski definition) is 6. The first-order chi connectivity index (χ1) is 13.7. The van der Waals surface area contributed by atoms with Gasteiger partial charge in [-0.1, -0.05) is 48.5 Å². The number of amides is 1. The second-order valence-corrected chi connectivity index (χ2v) is 5.97. The van der Waals surface area contributed by atoms with Crippen LogP contribution in [-0.4, -0.2) is 28.0 Å². The van der Waals surface area contributed by atoms with Gasteiger partial charge in [0.2, 0.25) is 0 Å². The van der Waals surface area contributed by atoms with E-state index >= 15 is 0 Å². The van der Waals surface area contributed by atoms with Gasteiger partial charge in [0, 0.05) is 11.8 Å². The van der Waals surface area contributed by atoms with Crippen molar-refractivity contribution in [2.24, 2.45) is 21.0 Å². The first-order valence-corrected chi connectivity index (χ1v) is 8.60. The van der Waals surface area contributed by atoms with Crippen LogP contribution in [0.25, 0.3) is 0 Å². The van der Waals surface area contributed by atoms with Crippen LogP contribution in [0.4, 0.5) is 5.69 Å². The highest BCUT2D eigenvalue weighted by molar-refractivity contribution is 6.75. The first kappa shape index (κ1) is 17.3. The number of pyridine rings is 1. The van der Waals surface area contributed by atoms with Crippen molar-refractivity contribution in [3.8, 4) is 0 Å². The molecule has 7 heteroatoms. The molecule has 1 aliphatic heterocycles. The Hall–Kier alpha value is -4.13. The maximum absolute atomic E-state index is 11.9. The number of hydrazone groups is 1. The maximum Gasteiger partial charge on any atom is 0.250 e. The molecule has 3 N–H and O–H groups in total. The lowest BCUT2D eigenvalue weighted by molar-refractivity contribution is 0.1000. The highest BCUT2D eigenvalue weighted by atomic mass is 16.1. The van der Waals surface area contributed by atoms with Gasteiger partial charge in [-0.25, -0.2) is 0 Å². The molecule has 0 fully saturated rings. The summed E-state index contributed by atoms with van der Waals surface area (Å²) in [6, 6.07) is 22.4. The van der Waals surface area contributed by atoms with Crippen LogP contribution in [-0.2, 0) is 0 Å². The minimum Gasteiger partial charge on any atom is -0.366 e. The third-order valence-electron chi connectivity index (χ3n) is 4.11. The number of benzene rings is 2. The zero-order chi connectivity index (χ0) is 19.3. The quantitative estimate of drug-likeness (QED) is 0.676. The summed E-state index contributed by atoms with van der Waals surface area (Å²) in [5.41, 5.74) is 12.3. The highest BCUT2D eigenvalue weighted by Crippen LogP contribution is 2.17. The van der Waals surface area contributed by atoms with Crippen LogP contribution in [0.15, 0.2) is 94.3 Å². The van der Waals surface area contributed by atoms with E-state index in [-0.39, 0.29) is 5.56 Å². The third-order valence-corrected chi connectivity index (χ3v) is 4.11. The van der Waals surface area contributed by atoms with Crippen molar-refractivity contribution in [2.45, 2.75) is 0 Å². The van der Waals surface area contributed by atoms with Crippen molar-refractivity contribution in [1.29, 1.82) is 0 Å². The van der Waals surface area contributed by atoms with E-state index in [0.717, 1.165) is 11.3 Å². The lowest BCUT2D eigenvalue weighted by atomic mass is 9.99. The van der Waals surface area contributed by atoms with E-state index in [1.54, 1.807) is 18.3 Å². The number of hydrogen-bond donors (Lipinski definition) is 2. The van der Waals surface area contributed by atoms with Crippen LogP contribution in [0, 0.1) is 0 Å². The number of anilines is 1. The molecule has 0 unspecified atom stereocenters. The standard InChI is InChI=1S/C21H16N6O/c22-21(28)16-12-7-13-23-18(16)20-19(26-24-15-10-5-2-6-11-15)17(25-27-20)14-8-3-1-4-9-14/h1-13,24H,(H2,22,28)/b26-19+. The predicted molar refractivity (Wildman–Crippen MR) is 110 cm³/mol. The van der Waals surface area contributed by atoms with Gasteiger partial charge in [0.25, 0.3) is 5.91 Å². The Labute approximate surface area is 161 Å². The van der Waals surface area contributed by atoms with Crippen LogP contribution >= 0.6 is 0 Å². The maximum atomic E-state index is 11.9. The molecule has 2 aromatic carbocycles. The molecule has 1 aromatic heterocycles. The number of para-hydroxylation sites is 1. The molecule has 0 saturated heterocycles. The number of rotatable bonds is 5. The fourth-order valence-electron chi connectivity index (χ4n) is 2.79. The Morgan fingerprint density at radius 1 is 0.857 bits per heavy atom. The van der Waals surface area contributed by atoms with Crippen molar-refractivity contribution in [2.75, 3.05) is 5.43 Å². The second kappa shape index (κ2) is 7.63. The summed E-state index contributed by atoms with van der Waals surface area (Å²) in [6.07, 6.45) is 1.58. The molecule has 4 rings (SSSR count).